The number of carbonyl (C=O) groups excluding carboxylic acids is 1. The molecule has 0 atom stereocenters. The summed E-state index contributed by atoms with van der Waals surface area (Å²) >= 11 is 20.0. The van der Waals surface area contributed by atoms with Crippen molar-refractivity contribution in [3.05, 3.63) is 68.7 Å². The Morgan fingerprint density at radius 3 is 2.52 bits per heavy atom. The molecule has 0 bridgehead atoms. The normalized spacial score (nSPS) is 15.4. The van der Waals surface area contributed by atoms with Gasteiger partial charge in [-0.1, -0.05) is 59.1 Å². The summed E-state index contributed by atoms with van der Waals surface area (Å²) in [5.74, 6) is 2.03. The van der Waals surface area contributed by atoms with Gasteiger partial charge in [0.1, 0.15) is 0 Å². The predicted molar refractivity (Wildman–Crippen MR) is 125 cm³/mol. The summed E-state index contributed by atoms with van der Waals surface area (Å²) in [6, 6.07) is 13.6. The van der Waals surface area contributed by atoms with Gasteiger partial charge in [0.05, 0.1) is 10.0 Å². The van der Waals surface area contributed by atoms with E-state index in [2.05, 4.69) is 10.2 Å². The van der Waals surface area contributed by atoms with Gasteiger partial charge in [0.15, 0.2) is 0 Å². The molecular weight excluding hydrogens is 447 g/mol. The van der Waals surface area contributed by atoms with Gasteiger partial charge >= 0.3 is 0 Å². The lowest BCUT2D eigenvalue weighted by Crippen LogP contribution is -2.40. The van der Waals surface area contributed by atoms with E-state index in [4.69, 9.17) is 34.8 Å². The molecule has 7 heteroatoms. The molecule has 1 aliphatic heterocycles. The third kappa shape index (κ3) is 7.08. The summed E-state index contributed by atoms with van der Waals surface area (Å²) in [5, 5.41) is 5.06. The maximum absolute atomic E-state index is 12.4. The second kappa shape index (κ2) is 11.5. The van der Waals surface area contributed by atoms with Crippen LogP contribution in [0, 0.1) is 5.92 Å². The molecule has 1 fully saturated rings. The minimum absolute atomic E-state index is 0.105. The molecule has 0 unspecified atom stereocenters. The van der Waals surface area contributed by atoms with Gasteiger partial charge in [0.2, 0.25) is 5.91 Å². The van der Waals surface area contributed by atoms with E-state index in [0.29, 0.717) is 16.6 Å². The minimum atomic E-state index is 0.105. The number of thioether (sulfide) groups is 1. The maximum atomic E-state index is 12.4. The second-order valence-electron chi connectivity index (χ2n) is 7.23. The minimum Gasteiger partial charge on any atom is -0.355 e. The Morgan fingerprint density at radius 1 is 1.03 bits per heavy atom. The zero-order valence-electron chi connectivity index (χ0n) is 16.2. The molecule has 0 spiro atoms. The van der Waals surface area contributed by atoms with Gasteiger partial charge in [-0.25, -0.2) is 0 Å². The smallest absolute Gasteiger partial charge is 0.223 e. The number of hydrogen-bond acceptors (Lipinski definition) is 3. The summed E-state index contributed by atoms with van der Waals surface area (Å²) in [6.07, 6.45) is 1.78. The number of nitrogens with one attached hydrogen (secondary N) is 1. The Morgan fingerprint density at radius 2 is 1.79 bits per heavy atom. The predicted octanol–water partition coefficient (Wildman–Crippen LogP) is 5.91. The Hall–Kier alpha value is -0.910. The molecule has 0 aromatic heterocycles. The van der Waals surface area contributed by atoms with Gasteiger partial charge in [-0.2, -0.15) is 11.8 Å². The van der Waals surface area contributed by atoms with E-state index in [9.17, 15) is 4.79 Å². The van der Waals surface area contributed by atoms with Gasteiger partial charge in [0, 0.05) is 35.5 Å². The lowest BCUT2D eigenvalue weighted by atomic mass is 9.95. The molecule has 1 N–H and O–H groups in total. The van der Waals surface area contributed by atoms with Crippen molar-refractivity contribution in [1.82, 2.24) is 10.2 Å². The standard InChI is InChI=1S/C22H25Cl3N2OS/c23-19-4-2-1-3-18(19)15-29-12-9-26-22(28)17-7-10-27(11-8-17)14-16-5-6-20(24)21(25)13-16/h1-6,13,17H,7-12,14-15H2,(H,26,28). The lowest BCUT2D eigenvalue weighted by Gasteiger charge is -2.31. The van der Waals surface area contributed by atoms with E-state index >= 15 is 0 Å². The van der Waals surface area contributed by atoms with Crippen molar-refractivity contribution in [2.75, 3.05) is 25.4 Å². The molecule has 0 radical (unpaired) electrons. The molecule has 156 valence electrons. The van der Waals surface area contributed by atoms with Crippen LogP contribution in [-0.4, -0.2) is 36.2 Å². The van der Waals surface area contributed by atoms with Gasteiger partial charge in [-0.3, -0.25) is 9.69 Å². The number of likely N-dealkylation sites (tertiary alicyclic amines) is 1. The second-order valence-corrected chi connectivity index (χ2v) is 9.56. The largest absolute Gasteiger partial charge is 0.355 e. The first-order valence-electron chi connectivity index (χ1n) is 9.78. The van der Waals surface area contributed by atoms with E-state index in [1.807, 2.05) is 42.5 Å². The SMILES string of the molecule is O=C(NCCSCc1ccccc1Cl)C1CCN(Cc2ccc(Cl)c(Cl)c2)CC1. The molecule has 0 aliphatic carbocycles. The first-order valence-corrected chi connectivity index (χ1v) is 12.1. The summed E-state index contributed by atoms with van der Waals surface area (Å²) < 4.78 is 0. The fourth-order valence-corrected chi connectivity index (χ4v) is 4.90. The fraction of sp³-hybridized carbons (Fsp3) is 0.409. The Kier molecular flexibility index (Phi) is 9.01. The number of benzene rings is 2. The number of halogens is 3. The van der Waals surface area contributed by atoms with Crippen molar-refractivity contribution in [3.8, 4) is 0 Å². The van der Waals surface area contributed by atoms with Crippen molar-refractivity contribution in [2.45, 2.75) is 25.1 Å². The van der Waals surface area contributed by atoms with Crippen LogP contribution >= 0.6 is 46.6 Å². The monoisotopic (exact) mass is 470 g/mol. The molecule has 1 heterocycles. The van der Waals surface area contributed by atoms with E-state index < -0.39 is 0 Å². The molecule has 2 aromatic rings. The van der Waals surface area contributed by atoms with Crippen LogP contribution in [0.3, 0.4) is 0 Å². The number of piperidine rings is 1. The number of amides is 1. The summed E-state index contributed by atoms with van der Waals surface area (Å²) in [5.41, 5.74) is 2.29. The van der Waals surface area contributed by atoms with E-state index in [-0.39, 0.29) is 11.8 Å². The van der Waals surface area contributed by atoms with Crippen molar-refractivity contribution in [2.24, 2.45) is 5.92 Å². The van der Waals surface area contributed by atoms with Gasteiger partial charge in [-0.15, -0.1) is 0 Å². The maximum Gasteiger partial charge on any atom is 0.223 e. The van der Waals surface area contributed by atoms with E-state index in [1.54, 1.807) is 11.8 Å². The van der Waals surface area contributed by atoms with Crippen LogP contribution in [0.4, 0.5) is 0 Å². The fourth-order valence-electron chi connectivity index (χ4n) is 3.44. The number of nitrogens with zero attached hydrogens (tertiary/aromatic N) is 1. The first-order chi connectivity index (χ1) is 14.0. The quantitative estimate of drug-likeness (QED) is 0.486. The molecule has 3 nitrogen and oxygen atoms in total. The third-order valence-electron chi connectivity index (χ3n) is 5.11. The highest BCUT2D eigenvalue weighted by atomic mass is 35.5. The van der Waals surface area contributed by atoms with E-state index in [1.165, 1.54) is 0 Å². The Labute approximate surface area is 192 Å². The molecule has 29 heavy (non-hydrogen) atoms. The average Bonchev–Trinajstić information content (AvgIpc) is 2.72. The summed E-state index contributed by atoms with van der Waals surface area (Å²) in [6.45, 7) is 3.36. The van der Waals surface area contributed by atoms with Crippen LogP contribution in [0.1, 0.15) is 24.0 Å². The highest BCUT2D eigenvalue weighted by Gasteiger charge is 2.24. The van der Waals surface area contributed by atoms with Gasteiger partial charge in [0.25, 0.3) is 0 Å². The van der Waals surface area contributed by atoms with Crippen LogP contribution in [-0.2, 0) is 17.1 Å². The number of hydrogen-bond donors (Lipinski definition) is 1. The Balaban J connectivity index is 1.32. The topological polar surface area (TPSA) is 32.3 Å². The summed E-state index contributed by atoms with van der Waals surface area (Å²) in [4.78, 5) is 14.8. The number of rotatable bonds is 8. The van der Waals surface area contributed by atoms with Crippen LogP contribution in [0.5, 0.6) is 0 Å². The van der Waals surface area contributed by atoms with Gasteiger partial charge in [-0.05, 0) is 55.3 Å². The Bertz CT molecular complexity index is 825. The highest BCUT2D eigenvalue weighted by molar-refractivity contribution is 7.98. The van der Waals surface area contributed by atoms with Crippen LogP contribution in [0.2, 0.25) is 15.1 Å². The van der Waals surface area contributed by atoms with Crippen molar-refractivity contribution in [1.29, 1.82) is 0 Å². The molecule has 0 saturated carbocycles. The van der Waals surface area contributed by atoms with Crippen molar-refractivity contribution < 1.29 is 4.79 Å². The van der Waals surface area contributed by atoms with Crippen LogP contribution in [0.25, 0.3) is 0 Å². The molecule has 1 saturated heterocycles. The van der Waals surface area contributed by atoms with Crippen molar-refractivity contribution >= 4 is 52.5 Å². The first kappa shape index (κ1) is 22.8. The van der Waals surface area contributed by atoms with Crippen molar-refractivity contribution in [3.63, 3.8) is 0 Å². The average molecular weight is 472 g/mol. The summed E-state index contributed by atoms with van der Waals surface area (Å²) in [7, 11) is 0. The molecule has 2 aromatic carbocycles. The zero-order valence-corrected chi connectivity index (χ0v) is 19.3. The highest BCUT2D eigenvalue weighted by Crippen LogP contribution is 2.25. The lowest BCUT2D eigenvalue weighted by molar-refractivity contribution is -0.126. The molecule has 3 rings (SSSR count). The molecule has 1 amide bonds. The van der Waals surface area contributed by atoms with Gasteiger partial charge < -0.3 is 5.32 Å². The molecule has 1 aliphatic rings. The number of carbonyl (C=O) groups is 1. The van der Waals surface area contributed by atoms with E-state index in [0.717, 1.165) is 60.1 Å². The zero-order chi connectivity index (χ0) is 20.6. The molecular formula is C22H25Cl3N2OS. The van der Waals surface area contributed by atoms with Crippen LogP contribution < -0.4 is 5.32 Å². The third-order valence-corrected chi connectivity index (χ3v) is 7.23. The van der Waals surface area contributed by atoms with Crippen LogP contribution in [0.15, 0.2) is 42.5 Å².